The first-order chi connectivity index (χ1) is 52.5. The Morgan fingerprint density at radius 3 is 2.32 bits per heavy atom. The summed E-state index contributed by atoms with van der Waals surface area (Å²) in [5.74, 6) is -6.37. The van der Waals surface area contributed by atoms with E-state index in [2.05, 4.69) is 36.4 Å². The Labute approximate surface area is 647 Å². The number of nitrogens with zero attached hydrogens (tertiary/aromatic N) is 7. The van der Waals surface area contributed by atoms with E-state index in [1.54, 1.807) is 56.4 Å². The van der Waals surface area contributed by atoms with E-state index in [0.29, 0.717) is 109 Å². The number of carbonyl (C=O) groups excluding carboxylic acids is 7. The van der Waals surface area contributed by atoms with Gasteiger partial charge in [-0.1, -0.05) is 94.8 Å². The van der Waals surface area contributed by atoms with Gasteiger partial charge >= 0.3 is 18.0 Å². The van der Waals surface area contributed by atoms with E-state index >= 15 is 0 Å². The molecule has 3 aliphatic heterocycles. The lowest BCUT2D eigenvalue weighted by Gasteiger charge is -2.58. The van der Waals surface area contributed by atoms with Gasteiger partial charge in [0, 0.05) is 99.0 Å². The number of thiazole rings is 1. The van der Waals surface area contributed by atoms with Crippen molar-refractivity contribution < 1.29 is 95.9 Å². The molecule has 5 amide bonds. The smallest absolute Gasteiger partial charge is 0.410 e. The van der Waals surface area contributed by atoms with Crippen molar-refractivity contribution in [2.45, 2.75) is 200 Å². The SMILES string of the molecule is Cc1c(-c2ccc(N3CCc4cccc(C(=O)Nc5nc6ccccc6s5)c4C3)nc2C(=O)O)cnn1CC1CC2(C)CC(C)(C)CC(OCCN(CCS(=O)(=O)O)C(=O)OCc3ccc(CC(=O)[C@H](C)NC(=O)[C@@H](CC(=O)CCCCCN4C(=O)C=CC4=O)C(C)C)cc3CC[C@@H]3O[C@H](C(=O)O)[C@@H](O)[C@H](O)[C@H]3O)(C1)C2. The van der Waals surface area contributed by atoms with E-state index in [0.717, 1.165) is 49.7 Å². The average molecular weight is 1570 g/mol. The number of aryl methyl sites for hydroxylation is 1. The minimum Gasteiger partial charge on any atom is -0.479 e. The lowest BCUT2D eigenvalue weighted by atomic mass is 9.51. The molecule has 3 aromatic carbocycles. The molecule has 5 aliphatic rings. The molecule has 3 aromatic heterocycles. The number of aliphatic hydroxyl groups excluding tert-OH is 3. The maximum atomic E-state index is 14.4. The standard InChI is InChI=1S/C80H99N9O20S2/c1-46(2)57(36-54(90)15-9-8-12-28-88-65(92)25-26-66(88)93)73(98)82-47(3)61(91)35-49-19-20-53(52(34-49)21-23-62-68(94)69(95)70(96)71(109-62)75(101)102)42-107-77(103)86(31-33-111(104,105)106)30-32-108-80-38-50(37-79(7,45-80)43-78(5,6)44-80)40-89-48(4)58(39-81-89)55-22-24-64(84-67(55)74(99)100)87-29-27-51-14-13-16-56(59(51)41-87)72(97)85-76-83-60-17-10-11-18-63(60)110-76/h10-11,13-14,16-20,22,24-26,34,39,46-47,50,57,62,68-71,94-96H,8-9,12,15,21,23,27-33,35-38,40-45H2,1-7H3,(H,82,98)(H,99,100)(H,101,102)(H,83,85,97)(H,104,105,106)/t47-,50?,57-,62-,68-,69+,70-,71-,79?,80?/m0/s1. The molecule has 596 valence electrons. The number of ether oxygens (including phenoxy) is 3. The van der Waals surface area contributed by atoms with Crippen molar-refractivity contribution in [3.05, 3.63) is 136 Å². The lowest BCUT2D eigenvalue weighted by Crippen LogP contribution is -2.59. The first-order valence-corrected chi connectivity index (χ1v) is 40.2. The molecule has 6 aromatic rings. The fourth-order valence-corrected chi connectivity index (χ4v) is 18.5. The second-order valence-electron chi connectivity index (χ2n) is 31.9. The van der Waals surface area contributed by atoms with Gasteiger partial charge in [-0.2, -0.15) is 13.5 Å². The maximum Gasteiger partial charge on any atom is 0.410 e. The molecule has 31 heteroatoms. The van der Waals surface area contributed by atoms with Crippen molar-refractivity contribution in [1.29, 1.82) is 0 Å². The lowest BCUT2D eigenvalue weighted by molar-refractivity contribution is -0.228. The molecular formula is C80H99N9O20S2. The highest BCUT2D eigenvalue weighted by molar-refractivity contribution is 7.85. The highest BCUT2D eigenvalue weighted by atomic mass is 32.2. The van der Waals surface area contributed by atoms with Crippen molar-refractivity contribution in [2.75, 3.05) is 48.8 Å². The molecule has 11 rings (SSSR count). The summed E-state index contributed by atoms with van der Waals surface area (Å²) in [7, 11) is -4.62. The summed E-state index contributed by atoms with van der Waals surface area (Å²) in [5.41, 5.74) is 4.72. The summed E-state index contributed by atoms with van der Waals surface area (Å²) >= 11 is 1.39. The second-order valence-corrected chi connectivity index (χ2v) is 34.5. The van der Waals surface area contributed by atoms with Crippen LogP contribution in [0, 0.1) is 35.5 Å². The van der Waals surface area contributed by atoms with Crippen molar-refractivity contribution >= 4 is 95.8 Å². The third kappa shape index (κ3) is 20.4. The molecule has 2 saturated carbocycles. The normalized spacial score (nSPS) is 22.8. The number of carboxylic acids is 2. The van der Waals surface area contributed by atoms with Gasteiger partial charge < -0.3 is 54.9 Å². The van der Waals surface area contributed by atoms with Gasteiger partial charge in [0.2, 0.25) is 5.91 Å². The molecule has 0 spiro atoms. The summed E-state index contributed by atoms with van der Waals surface area (Å²) in [6, 6.07) is 20.6. The van der Waals surface area contributed by atoms with Gasteiger partial charge in [-0.15, -0.1) is 0 Å². The summed E-state index contributed by atoms with van der Waals surface area (Å²) in [5, 5.41) is 63.7. The minimum absolute atomic E-state index is 0.00157. The quantitative estimate of drug-likeness (QED) is 0.0107. The number of para-hydroxylation sites is 1. The van der Waals surface area contributed by atoms with E-state index in [1.165, 1.54) is 30.4 Å². The number of aromatic nitrogens is 4. The molecule has 10 atom stereocenters. The van der Waals surface area contributed by atoms with Crippen LogP contribution in [0.5, 0.6) is 0 Å². The number of pyridine rings is 1. The number of unbranched alkanes of at least 4 members (excludes halogenated alkanes) is 2. The van der Waals surface area contributed by atoms with Crippen LogP contribution in [0.3, 0.4) is 0 Å². The van der Waals surface area contributed by atoms with E-state index in [4.69, 9.17) is 24.3 Å². The summed E-state index contributed by atoms with van der Waals surface area (Å²) in [6.45, 7) is 14.0. The molecule has 29 nitrogen and oxygen atoms in total. The predicted octanol–water partition coefficient (Wildman–Crippen LogP) is 8.49. The van der Waals surface area contributed by atoms with Crippen molar-refractivity contribution in [3.63, 3.8) is 0 Å². The topological polar surface area (TPSA) is 414 Å². The number of aromatic carboxylic acids is 1. The Kier molecular flexibility index (Phi) is 26.0. The summed E-state index contributed by atoms with van der Waals surface area (Å²) < 4.78 is 56.0. The fourth-order valence-electron chi connectivity index (χ4n) is 17.2. The number of imide groups is 1. The molecule has 1 saturated heterocycles. The number of ketones is 2. The third-order valence-electron chi connectivity index (χ3n) is 22.1. The number of hydrogen-bond acceptors (Lipinski definition) is 22. The van der Waals surface area contributed by atoms with Crippen molar-refractivity contribution in [2.24, 2.45) is 28.6 Å². The van der Waals surface area contributed by atoms with Crippen LogP contribution in [0.25, 0.3) is 21.3 Å². The van der Waals surface area contributed by atoms with E-state index < -0.39 is 107 Å². The zero-order valence-electron chi connectivity index (χ0n) is 63.5. The Hall–Kier alpha value is -9.21. The molecule has 111 heavy (non-hydrogen) atoms. The predicted molar refractivity (Wildman–Crippen MR) is 409 cm³/mol. The third-order valence-corrected chi connectivity index (χ3v) is 23.8. The fraction of sp³-hybridized carbons (Fsp3) is 0.525. The number of rotatable bonds is 34. The zero-order chi connectivity index (χ0) is 80.0. The number of carbonyl (C=O) groups is 9. The van der Waals surface area contributed by atoms with E-state index in [9.17, 15) is 81.7 Å². The number of fused-ring (bicyclic) bond motifs is 4. The van der Waals surface area contributed by atoms with Crippen LogP contribution in [-0.4, -0.2) is 202 Å². The molecule has 2 bridgehead atoms. The number of nitrogens with one attached hydrogen (secondary N) is 2. The van der Waals surface area contributed by atoms with Crippen LogP contribution in [-0.2, 0) is 92.1 Å². The summed E-state index contributed by atoms with van der Waals surface area (Å²) in [4.78, 5) is 132. The van der Waals surface area contributed by atoms with Gasteiger partial charge in [0.15, 0.2) is 22.7 Å². The van der Waals surface area contributed by atoms with Crippen molar-refractivity contribution in [3.8, 4) is 11.1 Å². The van der Waals surface area contributed by atoms with Gasteiger partial charge in [0.25, 0.3) is 27.8 Å². The number of aliphatic hydroxyl groups is 3. The largest absolute Gasteiger partial charge is 0.479 e. The number of hydrogen-bond donors (Lipinski definition) is 8. The Morgan fingerprint density at radius 2 is 1.59 bits per heavy atom. The number of Topliss-reactive ketones (excluding diaryl/α,β-unsaturated/α-hetero) is 2. The van der Waals surface area contributed by atoms with Crippen molar-refractivity contribution in [1.82, 2.24) is 34.9 Å². The Balaban J connectivity index is 0.742. The van der Waals surface area contributed by atoms with Crippen LogP contribution in [0.2, 0.25) is 0 Å². The molecule has 2 aliphatic carbocycles. The van der Waals surface area contributed by atoms with Gasteiger partial charge in [0.05, 0.1) is 46.5 Å². The minimum atomic E-state index is -4.62. The molecular weight excluding hydrogens is 1470 g/mol. The molecule has 3 fully saturated rings. The maximum absolute atomic E-state index is 14.4. The number of anilines is 2. The first-order valence-electron chi connectivity index (χ1n) is 37.8. The monoisotopic (exact) mass is 1570 g/mol. The summed E-state index contributed by atoms with van der Waals surface area (Å²) in [6.07, 6.45) is -0.238. The number of benzene rings is 3. The van der Waals surface area contributed by atoms with E-state index in [-0.39, 0.29) is 104 Å². The highest BCUT2D eigenvalue weighted by Gasteiger charge is 2.55. The van der Waals surface area contributed by atoms with Crippen LogP contribution in [0.4, 0.5) is 15.7 Å². The van der Waals surface area contributed by atoms with Crippen LogP contribution in [0.15, 0.2) is 91.1 Å². The molecule has 3 unspecified atom stereocenters. The number of carboxylic acid groups (broad SMARTS) is 2. The van der Waals surface area contributed by atoms with Gasteiger partial charge in [-0.05, 0) is 159 Å². The van der Waals surface area contributed by atoms with Crippen LogP contribution >= 0.6 is 11.3 Å². The van der Waals surface area contributed by atoms with Gasteiger partial charge in [-0.25, -0.2) is 24.4 Å². The second kappa shape index (κ2) is 34.8. The van der Waals surface area contributed by atoms with Gasteiger partial charge in [-0.3, -0.25) is 48.2 Å². The van der Waals surface area contributed by atoms with Gasteiger partial charge in [0.1, 0.15) is 36.5 Å². The molecule has 6 heterocycles. The van der Waals surface area contributed by atoms with Crippen LogP contribution < -0.4 is 15.5 Å². The average Bonchev–Trinajstić information content (AvgIpc) is 0.912. The number of amides is 5. The molecule has 8 N–H and O–H groups in total. The Morgan fingerprint density at radius 1 is 0.838 bits per heavy atom. The van der Waals surface area contributed by atoms with E-state index in [1.807, 2.05) is 52.9 Å². The first kappa shape index (κ1) is 82.7. The zero-order valence-corrected chi connectivity index (χ0v) is 65.1. The number of aliphatic carboxylic acids is 1. The molecule has 0 radical (unpaired) electrons. The highest BCUT2D eigenvalue weighted by Crippen LogP contribution is 2.60. The van der Waals surface area contributed by atoms with Crippen LogP contribution in [0.1, 0.15) is 167 Å². The Bertz CT molecular complexity index is 4620.